The molecule has 0 bridgehead atoms. The molecule has 0 spiro atoms. The predicted octanol–water partition coefficient (Wildman–Crippen LogP) is 3.09. The van der Waals surface area contributed by atoms with Crippen molar-refractivity contribution >= 4 is 12.0 Å². The van der Waals surface area contributed by atoms with Crippen molar-refractivity contribution in [2.24, 2.45) is 0 Å². The number of hydrogen-bond donors (Lipinski definition) is 1. The molecule has 2 amide bonds. The van der Waals surface area contributed by atoms with Crippen LogP contribution in [-0.4, -0.2) is 64.6 Å². The van der Waals surface area contributed by atoms with Crippen molar-refractivity contribution < 1.29 is 14.3 Å². The fourth-order valence-corrected chi connectivity index (χ4v) is 3.58. The molecule has 1 fully saturated rings. The number of hydrogen-bond acceptors (Lipinski definition) is 6. The third-order valence-electron chi connectivity index (χ3n) is 5.12. The fraction of sp³-hybridized carbons (Fsp3) is 0.652. The number of piperidine rings is 1. The van der Waals surface area contributed by atoms with Crippen molar-refractivity contribution in [3.8, 4) is 6.07 Å². The second-order valence-electron chi connectivity index (χ2n) is 8.95. The van der Waals surface area contributed by atoms with Crippen LogP contribution in [0.3, 0.4) is 0 Å². The summed E-state index contributed by atoms with van der Waals surface area (Å²) in [5.41, 5.74) is 0.475. The van der Waals surface area contributed by atoms with Crippen LogP contribution in [0.5, 0.6) is 0 Å². The van der Waals surface area contributed by atoms with Gasteiger partial charge in [0.25, 0.3) is 0 Å². The van der Waals surface area contributed by atoms with E-state index in [9.17, 15) is 9.59 Å². The normalized spacial score (nSPS) is 15.2. The maximum Gasteiger partial charge on any atom is 0.407 e. The zero-order chi connectivity index (χ0) is 22.7. The van der Waals surface area contributed by atoms with Crippen LogP contribution in [0, 0.1) is 11.3 Å². The number of carbonyl (C=O) groups excluding carboxylic acids is 2. The largest absolute Gasteiger partial charge is 0.444 e. The van der Waals surface area contributed by atoms with Crippen LogP contribution in [0.1, 0.15) is 58.4 Å². The van der Waals surface area contributed by atoms with Crippen molar-refractivity contribution in [1.82, 2.24) is 20.1 Å². The van der Waals surface area contributed by atoms with Crippen LogP contribution in [0.2, 0.25) is 0 Å². The van der Waals surface area contributed by atoms with Crippen molar-refractivity contribution in [2.45, 2.75) is 71.1 Å². The zero-order valence-electron chi connectivity index (χ0n) is 19.0. The van der Waals surface area contributed by atoms with Crippen molar-refractivity contribution in [1.29, 1.82) is 5.26 Å². The van der Waals surface area contributed by atoms with Crippen molar-refractivity contribution in [3.05, 3.63) is 30.1 Å². The number of aromatic nitrogens is 1. The summed E-state index contributed by atoms with van der Waals surface area (Å²) in [6, 6.07) is 6.04. The molecular weight excluding hydrogens is 394 g/mol. The van der Waals surface area contributed by atoms with Crippen LogP contribution in [0.15, 0.2) is 24.5 Å². The van der Waals surface area contributed by atoms with Crippen LogP contribution in [0.25, 0.3) is 0 Å². The van der Waals surface area contributed by atoms with Gasteiger partial charge in [0, 0.05) is 51.0 Å². The van der Waals surface area contributed by atoms with Gasteiger partial charge in [0.2, 0.25) is 5.91 Å². The first-order chi connectivity index (χ1) is 14.8. The minimum atomic E-state index is -0.491. The Hall–Kier alpha value is -2.66. The van der Waals surface area contributed by atoms with Gasteiger partial charge in [0.05, 0.1) is 12.5 Å². The quantitative estimate of drug-likeness (QED) is 0.648. The molecule has 0 saturated carbocycles. The molecule has 0 unspecified atom stereocenters. The summed E-state index contributed by atoms with van der Waals surface area (Å²) < 4.78 is 5.32. The average molecular weight is 430 g/mol. The van der Waals surface area contributed by atoms with E-state index in [0.29, 0.717) is 25.9 Å². The Kier molecular flexibility index (Phi) is 9.73. The number of likely N-dealkylation sites (tertiary alicyclic amines) is 1. The lowest BCUT2D eigenvalue weighted by molar-refractivity contribution is -0.132. The average Bonchev–Trinajstić information content (AvgIpc) is 2.71. The molecule has 1 aromatic heterocycles. The van der Waals surface area contributed by atoms with Gasteiger partial charge in [0.15, 0.2) is 0 Å². The number of rotatable bonds is 9. The van der Waals surface area contributed by atoms with Gasteiger partial charge in [-0.3, -0.25) is 9.78 Å². The second kappa shape index (κ2) is 12.3. The highest BCUT2D eigenvalue weighted by molar-refractivity contribution is 5.76. The third-order valence-corrected chi connectivity index (χ3v) is 5.12. The maximum atomic E-state index is 12.7. The van der Waals surface area contributed by atoms with E-state index in [-0.39, 0.29) is 18.0 Å². The lowest BCUT2D eigenvalue weighted by atomic mass is 10.0. The van der Waals surface area contributed by atoms with Gasteiger partial charge in [0.1, 0.15) is 5.60 Å². The molecule has 31 heavy (non-hydrogen) atoms. The second-order valence-corrected chi connectivity index (χ2v) is 8.95. The van der Waals surface area contributed by atoms with Crippen molar-refractivity contribution in [2.75, 3.05) is 26.2 Å². The Balaban J connectivity index is 1.70. The monoisotopic (exact) mass is 429 g/mol. The third kappa shape index (κ3) is 9.79. The number of amides is 2. The van der Waals surface area contributed by atoms with Gasteiger partial charge in [-0.15, -0.1) is 0 Å². The lowest BCUT2D eigenvalue weighted by Gasteiger charge is -2.33. The molecule has 0 atom stereocenters. The Morgan fingerprint density at radius 1 is 1.35 bits per heavy atom. The molecule has 1 saturated heterocycles. The molecule has 1 aliphatic rings. The molecule has 8 heteroatoms. The van der Waals surface area contributed by atoms with Crippen molar-refractivity contribution in [3.63, 3.8) is 0 Å². The highest BCUT2D eigenvalue weighted by Gasteiger charge is 2.23. The minimum absolute atomic E-state index is 0.0700. The molecule has 0 radical (unpaired) electrons. The van der Waals surface area contributed by atoms with Crippen LogP contribution in [0.4, 0.5) is 4.79 Å². The van der Waals surface area contributed by atoms with Gasteiger partial charge in [-0.05, 0) is 58.2 Å². The Bertz CT molecular complexity index is 734. The number of nitriles is 1. The number of alkyl carbamates (subject to hydrolysis) is 1. The Morgan fingerprint density at radius 3 is 2.71 bits per heavy atom. The van der Waals surface area contributed by atoms with Crippen LogP contribution < -0.4 is 5.32 Å². The summed E-state index contributed by atoms with van der Waals surface area (Å²) in [6.07, 6.45) is 6.41. The molecule has 8 nitrogen and oxygen atoms in total. The first-order valence-electron chi connectivity index (χ1n) is 11.0. The van der Waals surface area contributed by atoms with E-state index in [1.165, 1.54) is 0 Å². The SMILES string of the molecule is CC(C)(C)OC(=O)NC1CCN(CCCC(=O)N(CCC#N)Cc2cccnc2)CC1. The summed E-state index contributed by atoms with van der Waals surface area (Å²) in [5, 5.41) is 11.8. The number of carbonyl (C=O) groups is 2. The van der Waals surface area contributed by atoms with E-state index in [2.05, 4.69) is 21.3 Å². The van der Waals surface area contributed by atoms with Gasteiger partial charge >= 0.3 is 6.09 Å². The van der Waals surface area contributed by atoms with E-state index in [0.717, 1.165) is 44.5 Å². The molecular formula is C23H35N5O3. The highest BCUT2D eigenvalue weighted by Crippen LogP contribution is 2.14. The molecule has 0 aliphatic carbocycles. The van der Waals surface area contributed by atoms with E-state index < -0.39 is 5.60 Å². The summed E-state index contributed by atoms with van der Waals surface area (Å²) >= 11 is 0. The first-order valence-corrected chi connectivity index (χ1v) is 11.0. The number of ether oxygens (including phenoxy) is 1. The van der Waals surface area contributed by atoms with Crippen LogP contribution in [-0.2, 0) is 16.1 Å². The highest BCUT2D eigenvalue weighted by atomic mass is 16.6. The van der Waals surface area contributed by atoms with Gasteiger partial charge in [-0.2, -0.15) is 5.26 Å². The number of pyridine rings is 1. The van der Waals surface area contributed by atoms with E-state index in [1.807, 2.05) is 32.9 Å². The molecule has 2 rings (SSSR count). The molecule has 1 aliphatic heterocycles. The van der Waals surface area contributed by atoms with Crippen LogP contribution >= 0.6 is 0 Å². The molecule has 0 aromatic carbocycles. The summed E-state index contributed by atoms with van der Waals surface area (Å²) in [7, 11) is 0. The number of nitrogens with one attached hydrogen (secondary N) is 1. The molecule has 2 heterocycles. The standard InChI is InChI=1S/C23H35N5O3/c1-23(2,3)31-22(30)26-20-9-15-27(16-10-20)13-5-8-21(29)28(14-6-11-24)18-19-7-4-12-25-17-19/h4,7,12,17,20H,5-6,8-10,13-16,18H2,1-3H3,(H,26,30). The summed E-state index contributed by atoms with van der Waals surface area (Å²) in [5.74, 6) is 0.0700. The maximum absolute atomic E-state index is 12.7. The molecule has 170 valence electrons. The topological polar surface area (TPSA) is 98.6 Å². The first kappa shape index (κ1) is 24.6. The zero-order valence-corrected chi connectivity index (χ0v) is 19.0. The predicted molar refractivity (Wildman–Crippen MR) is 118 cm³/mol. The van der Waals surface area contributed by atoms with E-state index in [4.69, 9.17) is 10.00 Å². The smallest absolute Gasteiger partial charge is 0.407 e. The summed E-state index contributed by atoms with van der Waals surface area (Å²) in [6.45, 7) is 9.12. The minimum Gasteiger partial charge on any atom is -0.444 e. The van der Waals surface area contributed by atoms with E-state index in [1.54, 1.807) is 17.3 Å². The van der Waals surface area contributed by atoms with Gasteiger partial charge < -0.3 is 19.9 Å². The number of nitrogens with zero attached hydrogens (tertiary/aromatic N) is 4. The Labute approximate surface area is 185 Å². The lowest BCUT2D eigenvalue weighted by Crippen LogP contribution is -2.46. The molecule has 1 aromatic rings. The summed E-state index contributed by atoms with van der Waals surface area (Å²) in [4.78, 5) is 32.8. The molecule has 1 N–H and O–H groups in total. The fourth-order valence-electron chi connectivity index (χ4n) is 3.58. The van der Waals surface area contributed by atoms with Gasteiger partial charge in [-0.25, -0.2) is 4.79 Å². The van der Waals surface area contributed by atoms with E-state index >= 15 is 0 Å². The van der Waals surface area contributed by atoms with Gasteiger partial charge in [-0.1, -0.05) is 6.07 Å². The Morgan fingerprint density at radius 2 is 2.10 bits per heavy atom.